The molecule has 0 aliphatic heterocycles. The number of anilines is 1. The highest BCUT2D eigenvalue weighted by molar-refractivity contribution is 14.1. The number of carboxylic acids is 2. The van der Waals surface area contributed by atoms with E-state index in [1.54, 1.807) is 0 Å². The lowest BCUT2D eigenvalue weighted by Gasteiger charge is -2.22. The van der Waals surface area contributed by atoms with Crippen LogP contribution in [0.1, 0.15) is 53.3 Å². The molecular formula is C19H20I3N3O8-2. The average Bonchev–Trinajstić information content (AvgIpc) is 2.71. The van der Waals surface area contributed by atoms with Gasteiger partial charge in [0.1, 0.15) is 6.61 Å². The summed E-state index contributed by atoms with van der Waals surface area (Å²) >= 11 is 5.61. The minimum absolute atomic E-state index is 0.0278. The van der Waals surface area contributed by atoms with Crippen molar-refractivity contribution in [3.8, 4) is 0 Å². The number of amides is 2. The number of carbonyl (C=O) groups excluding carboxylic acids is 5. The van der Waals surface area contributed by atoms with Crippen LogP contribution in [0.15, 0.2) is 0 Å². The summed E-state index contributed by atoms with van der Waals surface area (Å²) in [5.41, 5.74) is 6.59. The third-order valence-corrected chi connectivity index (χ3v) is 7.55. The van der Waals surface area contributed by atoms with Crippen LogP contribution < -0.4 is 26.6 Å². The van der Waals surface area contributed by atoms with Crippen molar-refractivity contribution in [2.45, 2.75) is 38.6 Å². The van der Waals surface area contributed by atoms with Crippen molar-refractivity contribution < 1.29 is 38.9 Å². The smallest absolute Gasteiger partial charge is 0.302 e. The van der Waals surface area contributed by atoms with E-state index in [1.165, 1.54) is 6.92 Å². The Kier molecular flexibility index (Phi) is 12.6. The monoisotopic (exact) mass is 799 g/mol. The Bertz CT molecular complexity index is 937. The van der Waals surface area contributed by atoms with Crippen LogP contribution in [0.4, 0.5) is 5.69 Å². The first-order chi connectivity index (χ1) is 15.4. The molecule has 14 heteroatoms. The van der Waals surface area contributed by atoms with E-state index in [9.17, 15) is 34.2 Å². The van der Waals surface area contributed by atoms with Crippen molar-refractivity contribution in [2.24, 2.45) is 0 Å². The Morgan fingerprint density at radius 1 is 0.909 bits per heavy atom. The first-order valence-electron chi connectivity index (χ1n) is 9.44. The van der Waals surface area contributed by atoms with Gasteiger partial charge in [-0.15, -0.1) is 0 Å². The number of nitrogens with two attached hydrogens (primary N) is 1. The summed E-state index contributed by atoms with van der Waals surface area (Å²) in [5, 5.41) is 26.8. The summed E-state index contributed by atoms with van der Waals surface area (Å²) in [5.74, 6) is -4.32. The van der Waals surface area contributed by atoms with Gasteiger partial charge in [-0.2, -0.15) is 0 Å². The van der Waals surface area contributed by atoms with Crippen molar-refractivity contribution in [2.75, 3.05) is 18.9 Å². The van der Waals surface area contributed by atoms with Crippen LogP contribution in [0.25, 0.3) is 0 Å². The van der Waals surface area contributed by atoms with Crippen molar-refractivity contribution in [3.05, 3.63) is 21.8 Å². The molecule has 1 aromatic carbocycles. The molecule has 1 rings (SSSR count). The molecule has 0 saturated heterocycles. The zero-order valence-electron chi connectivity index (χ0n) is 17.3. The number of benzene rings is 1. The highest BCUT2D eigenvalue weighted by Gasteiger charge is 2.27. The first-order valence-corrected chi connectivity index (χ1v) is 12.7. The zero-order chi connectivity index (χ0) is 25.3. The highest BCUT2D eigenvalue weighted by Crippen LogP contribution is 2.34. The lowest BCUT2D eigenvalue weighted by molar-refractivity contribution is -0.306. The molecule has 1 aromatic rings. The molecule has 0 spiro atoms. The summed E-state index contributed by atoms with van der Waals surface area (Å²) in [6.07, 6.45) is -0.844. The maximum atomic E-state index is 13.1. The van der Waals surface area contributed by atoms with E-state index in [0.717, 1.165) is 0 Å². The number of aliphatic carboxylic acids is 2. The molecular weight excluding hydrogens is 779 g/mol. The van der Waals surface area contributed by atoms with Crippen LogP contribution in [0, 0.1) is 10.7 Å². The molecule has 182 valence electrons. The summed E-state index contributed by atoms with van der Waals surface area (Å²) in [7, 11) is 0. The topological polar surface area (TPSA) is 191 Å². The molecule has 0 heterocycles. The number of hydrogen-bond acceptors (Lipinski definition) is 9. The van der Waals surface area contributed by atoms with Gasteiger partial charge in [-0.1, -0.05) is 0 Å². The van der Waals surface area contributed by atoms with Crippen LogP contribution in [-0.4, -0.2) is 48.9 Å². The van der Waals surface area contributed by atoms with Crippen LogP contribution in [0.2, 0.25) is 0 Å². The fourth-order valence-electron chi connectivity index (χ4n) is 2.66. The van der Waals surface area contributed by atoms with Crippen LogP contribution in [0.3, 0.4) is 0 Å². The van der Waals surface area contributed by atoms with Gasteiger partial charge in [0.15, 0.2) is 0 Å². The third kappa shape index (κ3) is 9.38. The van der Waals surface area contributed by atoms with Crippen molar-refractivity contribution in [3.63, 3.8) is 0 Å². The number of halogens is 3. The Hall–Kier alpha value is -1.44. The van der Waals surface area contributed by atoms with Gasteiger partial charge in [0.2, 0.25) is 0 Å². The minimum atomic E-state index is -1.34. The number of nitrogen functional groups attached to an aromatic ring is 1. The predicted molar refractivity (Wildman–Crippen MR) is 138 cm³/mol. The van der Waals surface area contributed by atoms with Gasteiger partial charge in [-0.3, -0.25) is 14.4 Å². The van der Waals surface area contributed by atoms with Crippen LogP contribution in [0.5, 0.6) is 0 Å². The van der Waals surface area contributed by atoms with E-state index in [-0.39, 0.29) is 55.6 Å². The number of nitrogens with one attached hydrogen (secondary N) is 2. The maximum absolute atomic E-state index is 13.1. The van der Waals surface area contributed by atoms with Gasteiger partial charge in [-0.25, -0.2) is 0 Å². The quantitative estimate of drug-likeness (QED) is 0.109. The Labute approximate surface area is 230 Å². The van der Waals surface area contributed by atoms with E-state index in [2.05, 4.69) is 10.6 Å². The lowest BCUT2D eigenvalue weighted by atomic mass is 10.0. The summed E-state index contributed by atoms with van der Waals surface area (Å²) in [6.45, 7) is 1.26. The number of carboxylic acid groups (broad SMARTS) is 2. The van der Waals surface area contributed by atoms with Gasteiger partial charge < -0.3 is 40.9 Å². The molecule has 33 heavy (non-hydrogen) atoms. The fraction of sp³-hybridized carbons (Fsp3) is 0.421. The first kappa shape index (κ1) is 29.6. The molecule has 4 N–H and O–H groups in total. The van der Waals surface area contributed by atoms with Gasteiger partial charge in [-0.05, 0) is 93.5 Å². The second-order valence-corrected chi connectivity index (χ2v) is 9.93. The number of esters is 1. The van der Waals surface area contributed by atoms with E-state index >= 15 is 0 Å². The average molecular weight is 799 g/mol. The van der Waals surface area contributed by atoms with Crippen molar-refractivity contribution >= 4 is 103 Å². The number of rotatable bonds is 12. The lowest BCUT2D eigenvalue weighted by Crippen LogP contribution is -2.39. The van der Waals surface area contributed by atoms with Gasteiger partial charge in [0.25, 0.3) is 11.8 Å². The van der Waals surface area contributed by atoms with Gasteiger partial charge in [0, 0.05) is 28.5 Å². The standard InChI is InChI=1S/C19H22I3N3O8/c1-8(26)33-7-6-24-18(31)12-14(20)13(16(22)17(23)15(12)21)19(32)25-9(2-4-10(27)28)3-5-11(29)30/h9H,2-7,23H2,1H3,(H,24,31)(H,25,32)(H,27,28)(H,29,30)/p-2. The number of hydrogen-bond donors (Lipinski definition) is 3. The van der Waals surface area contributed by atoms with Gasteiger partial charge in [0.05, 0.1) is 30.5 Å². The maximum Gasteiger partial charge on any atom is 0.302 e. The Morgan fingerprint density at radius 2 is 1.39 bits per heavy atom. The van der Waals surface area contributed by atoms with E-state index in [1.807, 2.05) is 67.8 Å². The third-order valence-electron chi connectivity index (χ3n) is 4.23. The SMILES string of the molecule is CC(=O)OCCNC(=O)c1c(I)c(N)c(I)c(C(=O)NC(CCC(=O)[O-])CCC(=O)[O-])c1I. The molecule has 0 radical (unpaired) electrons. The second kappa shape index (κ2) is 14.1. The van der Waals surface area contributed by atoms with Crippen molar-refractivity contribution in [1.29, 1.82) is 0 Å². The van der Waals surface area contributed by atoms with Crippen LogP contribution >= 0.6 is 67.8 Å². The largest absolute Gasteiger partial charge is 0.550 e. The molecule has 0 aliphatic carbocycles. The van der Waals surface area contributed by atoms with E-state index < -0.39 is 35.8 Å². The van der Waals surface area contributed by atoms with Crippen LogP contribution in [-0.2, 0) is 19.1 Å². The summed E-state index contributed by atoms with van der Waals surface area (Å²) < 4.78 is 5.89. The second-order valence-electron chi connectivity index (χ2n) is 6.69. The van der Waals surface area contributed by atoms with E-state index in [0.29, 0.717) is 10.7 Å². The molecule has 0 atom stereocenters. The molecule has 0 bridgehead atoms. The summed E-state index contributed by atoms with van der Waals surface area (Å²) in [4.78, 5) is 58.3. The molecule has 0 fully saturated rings. The normalized spacial score (nSPS) is 10.6. The molecule has 0 aromatic heterocycles. The zero-order valence-corrected chi connectivity index (χ0v) is 23.8. The predicted octanol–water partition coefficient (Wildman–Crippen LogP) is -0.466. The Balaban J connectivity index is 3.20. The minimum Gasteiger partial charge on any atom is -0.550 e. The highest BCUT2D eigenvalue weighted by atomic mass is 127. The fourth-order valence-corrected chi connectivity index (χ4v) is 6.81. The van der Waals surface area contributed by atoms with Crippen molar-refractivity contribution in [1.82, 2.24) is 10.6 Å². The van der Waals surface area contributed by atoms with E-state index in [4.69, 9.17) is 10.5 Å². The molecule has 2 amide bonds. The molecule has 0 aliphatic rings. The van der Waals surface area contributed by atoms with Gasteiger partial charge >= 0.3 is 5.97 Å². The summed E-state index contributed by atoms with van der Waals surface area (Å²) in [6, 6.07) is -0.776. The Morgan fingerprint density at radius 3 is 1.85 bits per heavy atom. The molecule has 11 nitrogen and oxygen atoms in total. The number of carbonyl (C=O) groups is 5. The molecule has 0 unspecified atom stereocenters. The molecule has 0 saturated carbocycles. The number of ether oxygens (including phenoxy) is 1.